The quantitative estimate of drug-likeness (QED) is 0.130. The highest BCUT2D eigenvalue weighted by Gasteiger charge is 2.59. The lowest BCUT2D eigenvalue weighted by atomic mass is 9.32. The number of aromatic nitrogens is 1. The van der Waals surface area contributed by atoms with Crippen LogP contribution in [-0.4, -0.2) is 11.7 Å². The molecular formula is C73H56BN3. The number of hydrogen-bond acceptors (Lipinski definition) is 3. The maximum Gasteiger partial charge on any atom is 0.252 e. The molecule has 1 aromatic heterocycles. The van der Waals surface area contributed by atoms with Gasteiger partial charge < -0.3 is 9.80 Å². The summed E-state index contributed by atoms with van der Waals surface area (Å²) in [6.45, 7) is 11.9. The first-order valence-electron chi connectivity index (χ1n) is 28.1. The maximum absolute atomic E-state index is 6.04. The summed E-state index contributed by atoms with van der Waals surface area (Å²) < 4.78 is 0. The van der Waals surface area contributed by atoms with Crippen molar-refractivity contribution < 1.29 is 0 Å². The van der Waals surface area contributed by atoms with Gasteiger partial charge in [-0.15, -0.1) is 0 Å². The van der Waals surface area contributed by atoms with Crippen molar-refractivity contribution in [2.24, 2.45) is 0 Å². The molecule has 10 aromatic carbocycles. The van der Waals surface area contributed by atoms with E-state index in [1.807, 2.05) is 0 Å². The zero-order chi connectivity index (χ0) is 51.3. The molecule has 4 heteroatoms. The zero-order valence-electron chi connectivity index (χ0n) is 44.2. The molecule has 17 rings (SSSR count). The summed E-state index contributed by atoms with van der Waals surface area (Å²) in [4.78, 5) is 11.4. The van der Waals surface area contributed by atoms with Crippen LogP contribution in [0.15, 0.2) is 212 Å². The van der Waals surface area contributed by atoms with Crippen LogP contribution in [0.5, 0.6) is 0 Å². The van der Waals surface area contributed by atoms with Crippen LogP contribution in [0.1, 0.15) is 120 Å². The topological polar surface area (TPSA) is 19.4 Å². The third-order valence-electron chi connectivity index (χ3n) is 19.7. The molecule has 2 spiro atoms. The fourth-order valence-corrected chi connectivity index (χ4v) is 16.7. The molecular weight excluding hydrogens is 930 g/mol. The molecule has 0 bridgehead atoms. The van der Waals surface area contributed by atoms with Crippen LogP contribution in [0.3, 0.4) is 0 Å². The number of rotatable bonds is 3. The first kappa shape index (κ1) is 43.7. The second kappa shape index (κ2) is 14.9. The highest BCUT2D eigenvalue weighted by molar-refractivity contribution is 7.00. The first-order valence-corrected chi connectivity index (χ1v) is 28.1. The molecule has 3 nitrogen and oxygen atoms in total. The molecule has 6 aliphatic rings. The largest absolute Gasteiger partial charge is 0.311 e. The van der Waals surface area contributed by atoms with Gasteiger partial charge in [-0.1, -0.05) is 235 Å². The van der Waals surface area contributed by atoms with Crippen molar-refractivity contribution in [3.63, 3.8) is 0 Å². The van der Waals surface area contributed by atoms with Crippen LogP contribution in [0.4, 0.5) is 34.1 Å². The Kier molecular flexibility index (Phi) is 8.48. The fourth-order valence-electron chi connectivity index (χ4n) is 16.7. The van der Waals surface area contributed by atoms with Gasteiger partial charge in [0, 0.05) is 44.4 Å². The Morgan fingerprint density at radius 1 is 0.377 bits per heavy atom. The summed E-state index contributed by atoms with van der Waals surface area (Å²) in [5.74, 6) is 0. The van der Waals surface area contributed by atoms with E-state index >= 15 is 0 Å². The van der Waals surface area contributed by atoms with E-state index < -0.39 is 10.8 Å². The number of aryl methyl sites for hydroxylation is 1. The van der Waals surface area contributed by atoms with E-state index in [9.17, 15) is 0 Å². The first-order chi connectivity index (χ1) is 37.7. The van der Waals surface area contributed by atoms with Crippen molar-refractivity contribution >= 4 is 78.9 Å². The lowest BCUT2D eigenvalue weighted by molar-refractivity contribution is 0.556. The van der Waals surface area contributed by atoms with Gasteiger partial charge in [0.25, 0.3) is 6.71 Å². The van der Waals surface area contributed by atoms with Crippen molar-refractivity contribution in [2.75, 3.05) is 9.80 Å². The molecule has 0 N–H and O–H groups in total. The van der Waals surface area contributed by atoms with Crippen LogP contribution < -0.4 is 26.2 Å². The standard InChI is InChI=1S/C73H56BN3/c1-6-7-40-61-45-25-9-8-24-44(45)46-43-64-65-69(66(46)75-61)77-63-42-21-19-35-56(63)73(53-32-16-12-28-49(53)71(4,5)50-29-13-17-33-54(50)73)58-37-23-39-60(68(58)77)74(65)59-38-22-36-57-67(59)76(64)62-41-20-18-34-55(62)72(57)51-30-14-10-26-47(51)70(2,3)48-27-11-15-31-52(48)72/h8-39,41-43H,6-7,40H2,1-5H3. The van der Waals surface area contributed by atoms with Crippen molar-refractivity contribution in [1.82, 2.24) is 4.98 Å². The average Bonchev–Trinajstić information content (AvgIpc) is 3.38. The van der Waals surface area contributed by atoms with Crippen LogP contribution in [0.2, 0.25) is 0 Å². The Morgan fingerprint density at radius 2 is 0.779 bits per heavy atom. The molecule has 4 aliphatic heterocycles. The second-order valence-electron chi connectivity index (χ2n) is 23.8. The highest BCUT2D eigenvalue weighted by Crippen LogP contribution is 2.66. The van der Waals surface area contributed by atoms with Gasteiger partial charge >= 0.3 is 0 Å². The minimum Gasteiger partial charge on any atom is -0.311 e. The molecule has 366 valence electrons. The summed E-state index contributed by atoms with van der Waals surface area (Å²) in [6.07, 6.45) is 3.10. The van der Waals surface area contributed by atoms with E-state index in [1.165, 1.54) is 139 Å². The van der Waals surface area contributed by atoms with Gasteiger partial charge in [0.15, 0.2) is 0 Å². The molecule has 0 fully saturated rings. The normalized spacial score (nSPS) is 16.9. The Hall–Kier alpha value is -8.47. The van der Waals surface area contributed by atoms with Gasteiger partial charge in [0.05, 0.1) is 33.4 Å². The molecule has 5 heterocycles. The SMILES string of the molecule is CCCCc1nc2c3c4c(cc2c2ccccc12)N1c2ccccc2C2(c5ccccc5C(C)(C)c5ccccc52)c2cccc(c21)B4c1cccc2c1N3c1ccccc1C21c2ccccc2C(C)(C)c2ccccc21. The monoisotopic (exact) mass is 985 g/mol. The van der Waals surface area contributed by atoms with Crippen molar-refractivity contribution in [3.8, 4) is 0 Å². The number of unbranched alkanes of at least 4 members (excludes halogenated alkanes) is 1. The predicted octanol–water partition coefficient (Wildman–Crippen LogP) is 15.5. The number of pyridine rings is 1. The van der Waals surface area contributed by atoms with E-state index in [4.69, 9.17) is 4.98 Å². The lowest BCUT2D eigenvalue weighted by Gasteiger charge is -2.56. The molecule has 77 heavy (non-hydrogen) atoms. The van der Waals surface area contributed by atoms with E-state index in [2.05, 4.69) is 257 Å². The molecule has 0 saturated heterocycles. The van der Waals surface area contributed by atoms with E-state index in [-0.39, 0.29) is 17.5 Å². The highest BCUT2D eigenvalue weighted by atomic mass is 15.2. The third-order valence-corrected chi connectivity index (χ3v) is 19.7. The summed E-state index contributed by atoms with van der Waals surface area (Å²) >= 11 is 0. The number of fused-ring (bicyclic) bond motifs is 24. The van der Waals surface area contributed by atoms with Gasteiger partial charge in [-0.05, 0) is 120 Å². The van der Waals surface area contributed by atoms with Crippen LogP contribution in [-0.2, 0) is 28.1 Å². The Bertz CT molecular complexity index is 4330. The molecule has 0 amide bonds. The molecule has 0 atom stereocenters. The Labute approximate surface area is 451 Å². The van der Waals surface area contributed by atoms with Gasteiger partial charge in [0.2, 0.25) is 0 Å². The number of benzene rings is 10. The van der Waals surface area contributed by atoms with Gasteiger partial charge in [-0.2, -0.15) is 0 Å². The Morgan fingerprint density at radius 3 is 1.27 bits per heavy atom. The molecule has 11 aromatic rings. The van der Waals surface area contributed by atoms with Crippen LogP contribution >= 0.6 is 0 Å². The number of anilines is 6. The molecule has 0 saturated carbocycles. The van der Waals surface area contributed by atoms with E-state index in [0.717, 1.165) is 24.8 Å². The second-order valence-corrected chi connectivity index (χ2v) is 23.8. The van der Waals surface area contributed by atoms with Crippen LogP contribution in [0, 0.1) is 0 Å². The van der Waals surface area contributed by atoms with Crippen molar-refractivity contribution in [2.45, 2.75) is 75.5 Å². The lowest BCUT2D eigenvalue weighted by Crippen LogP contribution is -2.64. The van der Waals surface area contributed by atoms with Crippen LogP contribution in [0.25, 0.3) is 21.7 Å². The van der Waals surface area contributed by atoms with Gasteiger partial charge in [-0.25, -0.2) is 4.98 Å². The minimum atomic E-state index is -0.611. The summed E-state index contributed by atoms with van der Waals surface area (Å²) in [5.41, 5.74) is 28.3. The fraction of sp³-hybridized carbons (Fsp3) is 0.164. The Balaban J connectivity index is 1.07. The molecule has 2 aliphatic carbocycles. The van der Waals surface area contributed by atoms with Crippen molar-refractivity contribution in [1.29, 1.82) is 0 Å². The molecule has 0 radical (unpaired) electrons. The number of nitrogens with zero attached hydrogens (tertiary/aromatic N) is 3. The third kappa shape index (κ3) is 5.01. The van der Waals surface area contributed by atoms with E-state index in [0.29, 0.717) is 0 Å². The minimum absolute atomic E-state index is 0.116. The number of hydrogen-bond donors (Lipinski definition) is 0. The summed E-state index contributed by atoms with van der Waals surface area (Å²) in [6, 6.07) is 82.7. The predicted molar refractivity (Wildman–Crippen MR) is 320 cm³/mol. The number of para-hydroxylation sites is 4. The maximum atomic E-state index is 6.04. The van der Waals surface area contributed by atoms with E-state index in [1.54, 1.807) is 0 Å². The summed E-state index contributed by atoms with van der Waals surface area (Å²) in [7, 11) is 0. The summed E-state index contributed by atoms with van der Waals surface area (Å²) in [5, 5.41) is 3.70. The zero-order valence-corrected chi connectivity index (χ0v) is 44.2. The smallest absolute Gasteiger partial charge is 0.252 e. The van der Waals surface area contributed by atoms with Crippen molar-refractivity contribution in [3.05, 3.63) is 285 Å². The molecule has 0 unspecified atom stereocenters. The average molecular weight is 986 g/mol. The van der Waals surface area contributed by atoms with Gasteiger partial charge in [-0.3, -0.25) is 0 Å². The van der Waals surface area contributed by atoms with Gasteiger partial charge in [0.1, 0.15) is 0 Å².